The van der Waals surface area contributed by atoms with Crippen molar-refractivity contribution >= 4 is 33.3 Å². The van der Waals surface area contributed by atoms with Crippen molar-refractivity contribution in [3.8, 4) is 5.75 Å². The van der Waals surface area contributed by atoms with Gasteiger partial charge in [-0.3, -0.25) is 0 Å². The van der Waals surface area contributed by atoms with Crippen LogP contribution in [0.15, 0.2) is 41.0 Å². The molecule has 0 aliphatic carbocycles. The normalized spacial score (nSPS) is 13.9. The fourth-order valence-corrected chi connectivity index (χ4v) is 2.61. The largest absolute Gasteiger partial charge is 0.488 e. The van der Waals surface area contributed by atoms with Crippen LogP contribution >= 0.6 is 27.5 Å². The molecular weight excluding hydrogens is 328 g/mol. The molecule has 0 radical (unpaired) electrons. The number of hydrogen-bond donors (Lipinski definition) is 0. The van der Waals surface area contributed by atoms with Crippen LogP contribution in [0, 0.1) is 0 Å². The summed E-state index contributed by atoms with van der Waals surface area (Å²) in [6.45, 7) is 2.21. The summed E-state index contributed by atoms with van der Waals surface area (Å²) in [5.74, 6) is 1.68. The molecule has 0 saturated heterocycles. The van der Waals surface area contributed by atoms with Crippen LogP contribution in [0.5, 0.6) is 5.75 Å². The first-order valence-corrected chi connectivity index (χ1v) is 7.19. The summed E-state index contributed by atoms with van der Waals surface area (Å²) < 4.78 is 6.43. The summed E-state index contributed by atoms with van der Waals surface area (Å²) in [7, 11) is 0. The van der Waals surface area contributed by atoms with Gasteiger partial charge in [-0.1, -0.05) is 29.8 Å². The third kappa shape index (κ3) is 2.69. The van der Waals surface area contributed by atoms with Gasteiger partial charge >= 0.3 is 0 Å². The second-order valence-corrected chi connectivity index (χ2v) is 5.54. The van der Waals surface area contributed by atoms with Gasteiger partial charge in [0, 0.05) is 11.6 Å². The minimum atomic E-state index is 0.667. The van der Waals surface area contributed by atoms with Gasteiger partial charge in [0.25, 0.3) is 0 Å². The van der Waals surface area contributed by atoms with Gasteiger partial charge in [-0.2, -0.15) is 0 Å². The van der Waals surface area contributed by atoms with E-state index in [-0.39, 0.29) is 0 Å². The second-order valence-electron chi connectivity index (χ2n) is 4.32. The number of hydrogen-bond acceptors (Lipinski definition) is 3. The number of nitrogens with zero attached hydrogens (tertiary/aromatic N) is 2. The smallest absolute Gasteiger partial charge is 0.172 e. The van der Waals surface area contributed by atoms with Crippen LogP contribution < -0.4 is 9.64 Å². The number of ether oxygens (including phenoxy) is 1. The second kappa shape index (κ2) is 5.39. The molecule has 0 saturated carbocycles. The molecule has 0 amide bonds. The molecular formula is C14H12BrClN2O. The standard InChI is InChI=1S/C14H12BrClN2O/c15-13-6-5-12-14(17-13)18(7-8-19-12)9-10-3-1-2-4-11(10)16/h1-6H,7-9H2. The molecule has 0 unspecified atom stereocenters. The Morgan fingerprint density at radius 2 is 2.11 bits per heavy atom. The highest BCUT2D eigenvalue weighted by Crippen LogP contribution is 2.32. The minimum absolute atomic E-state index is 0.667. The Morgan fingerprint density at radius 3 is 2.95 bits per heavy atom. The van der Waals surface area contributed by atoms with Crippen LogP contribution in [0.2, 0.25) is 5.02 Å². The molecule has 3 rings (SSSR count). The fourth-order valence-electron chi connectivity index (χ4n) is 2.11. The van der Waals surface area contributed by atoms with E-state index in [0.717, 1.165) is 39.8 Å². The summed E-state index contributed by atoms with van der Waals surface area (Å²) in [4.78, 5) is 6.68. The van der Waals surface area contributed by atoms with E-state index >= 15 is 0 Å². The zero-order valence-electron chi connectivity index (χ0n) is 10.1. The van der Waals surface area contributed by atoms with Crippen molar-refractivity contribution in [2.45, 2.75) is 6.54 Å². The highest BCUT2D eigenvalue weighted by molar-refractivity contribution is 9.10. The minimum Gasteiger partial charge on any atom is -0.488 e. The van der Waals surface area contributed by atoms with E-state index in [2.05, 4.69) is 25.8 Å². The highest BCUT2D eigenvalue weighted by Gasteiger charge is 2.20. The number of halogens is 2. The van der Waals surface area contributed by atoms with Gasteiger partial charge in [-0.15, -0.1) is 0 Å². The number of benzene rings is 1. The first kappa shape index (κ1) is 12.8. The summed E-state index contributed by atoms with van der Waals surface area (Å²) in [6, 6.07) is 11.7. The molecule has 5 heteroatoms. The highest BCUT2D eigenvalue weighted by atomic mass is 79.9. The van der Waals surface area contributed by atoms with Gasteiger partial charge < -0.3 is 9.64 Å². The number of rotatable bonds is 2. The van der Waals surface area contributed by atoms with Gasteiger partial charge in [-0.05, 0) is 39.7 Å². The van der Waals surface area contributed by atoms with E-state index in [1.54, 1.807) is 0 Å². The Bertz CT molecular complexity index is 606. The lowest BCUT2D eigenvalue weighted by molar-refractivity contribution is 0.304. The molecule has 0 N–H and O–H groups in total. The molecule has 19 heavy (non-hydrogen) atoms. The van der Waals surface area contributed by atoms with E-state index < -0.39 is 0 Å². The lowest BCUT2D eigenvalue weighted by atomic mass is 10.2. The van der Waals surface area contributed by atoms with Gasteiger partial charge in [-0.25, -0.2) is 4.98 Å². The quantitative estimate of drug-likeness (QED) is 0.776. The maximum Gasteiger partial charge on any atom is 0.172 e. The van der Waals surface area contributed by atoms with Crippen LogP contribution in [0.1, 0.15) is 5.56 Å². The molecule has 1 aliphatic heterocycles. The summed E-state index contributed by atoms with van der Waals surface area (Å²) in [6.07, 6.45) is 0. The van der Waals surface area contributed by atoms with E-state index in [4.69, 9.17) is 16.3 Å². The Hall–Kier alpha value is -1.26. The fraction of sp³-hybridized carbons (Fsp3) is 0.214. The summed E-state index contributed by atoms with van der Waals surface area (Å²) >= 11 is 9.61. The lowest BCUT2D eigenvalue weighted by Gasteiger charge is -2.30. The average Bonchev–Trinajstić information content (AvgIpc) is 2.42. The average molecular weight is 340 g/mol. The first-order valence-electron chi connectivity index (χ1n) is 6.02. The van der Waals surface area contributed by atoms with Gasteiger partial charge in [0.05, 0.1) is 6.54 Å². The Balaban J connectivity index is 1.92. The first-order chi connectivity index (χ1) is 9.24. The van der Waals surface area contributed by atoms with Gasteiger partial charge in [0.1, 0.15) is 11.2 Å². The molecule has 98 valence electrons. The van der Waals surface area contributed by atoms with E-state index in [0.29, 0.717) is 6.61 Å². The maximum atomic E-state index is 6.21. The molecule has 0 bridgehead atoms. The molecule has 1 aliphatic rings. The number of aromatic nitrogens is 1. The zero-order valence-corrected chi connectivity index (χ0v) is 12.5. The van der Waals surface area contributed by atoms with Crippen molar-refractivity contribution in [2.24, 2.45) is 0 Å². The molecule has 3 nitrogen and oxygen atoms in total. The van der Waals surface area contributed by atoms with Crippen LogP contribution in [0.3, 0.4) is 0 Å². The number of pyridine rings is 1. The predicted molar refractivity (Wildman–Crippen MR) is 79.9 cm³/mol. The monoisotopic (exact) mass is 338 g/mol. The van der Waals surface area contributed by atoms with E-state index in [1.807, 2.05) is 36.4 Å². The van der Waals surface area contributed by atoms with Gasteiger partial charge in [0.2, 0.25) is 0 Å². The van der Waals surface area contributed by atoms with Gasteiger partial charge in [0.15, 0.2) is 11.6 Å². The molecule has 0 spiro atoms. The Morgan fingerprint density at radius 1 is 1.26 bits per heavy atom. The van der Waals surface area contributed by atoms with Crippen molar-refractivity contribution in [3.05, 3.63) is 51.6 Å². The molecule has 2 aromatic rings. The van der Waals surface area contributed by atoms with Crippen molar-refractivity contribution < 1.29 is 4.74 Å². The van der Waals surface area contributed by atoms with Crippen LogP contribution in [0.4, 0.5) is 5.82 Å². The van der Waals surface area contributed by atoms with Crippen molar-refractivity contribution in [1.82, 2.24) is 4.98 Å². The third-order valence-electron chi connectivity index (χ3n) is 3.04. The summed E-state index contributed by atoms with van der Waals surface area (Å²) in [5.41, 5.74) is 1.10. The molecule has 0 fully saturated rings. The number of fused-ring (bicyclic) bond motifs is 1. The lowest BCUT2D eigenvalue weighted by Crippen LogP contribution is -2.33. The third-order valence-corrected chi connectivity index (χ3v) is 3.85. The van der Waals surface area contributed by atoms with Crippen LogP contribution in [-0.2, 0) is 6.54 Å². The van der Waals surface area contributed by atoms with E-state index in [1.165, 1.54) is 0 Å². The maximum absolute atomic E-state index is 6.21. The molecule has 1 aromatic carbocycles. The molecule has 0 atom stereocenters. The van der Waals surface area contributed by atoms with Crippen LogP contribution in [-0.4, -0.2) is 18.1 Å². The summed E-state index contributed by atoms with van der Waals surface area (Å²) in [5, 5.41) is 0.783. The van der Waals surface area contributed by atoms with Crippen molar-refractivity contribution in [2.75, 3.05) is 18.1 Å². The SMILES string of the molecule is Clc1ccccc1CN1CCOc2ccc(Br)nc21. The van der Waals surface area contributed by atoms with Crippen LogP contribution in [0.25, 0.3) is 0 Å². The molecule has 1 aromatic heterocycles. The Kier molecular flexibility index (Phi) is 3.62. The number of anilines is 1. The zero-order chi connectivity index (χ0) is 13.2. The van der Waals surface area contributed by atoms with Crippen molar-refractivity contribution in [3.63, 3.8) is 0 Å². The predicted octanol–water partition coefficient (Wildman–Crippen LogP) is 3.90. The Labute approximate surface area is 125 Å². The van der Waals surface area contributed by atoms with E-state index in [9.17, 15) is 0 Å². The van der Waals surface area contributed by atoms with Crippen molar-refractivity contribution in [1.29, 1.82) is 0 Å². The topological polar surface area (TPSA) is 25.4 Å². The molecule has 2 heterocycles.